The van der Waals surface area contributed by atoms with Gasteiger partial charge in [-0.25, -0.2) is 0 Å². The minimum absolute atomic E-state index is 0.272. The molecule has 0 saturated carbocycles. The third kappa shape index (κ3) is 6.18. The quantitative estimate of drug-likeness (QED) is 0.459. The van der Waals surface area contributed by atoms with Gasteiger partial charge in [-0.15, -0.1) is 0 Å². The van der Waals surface area contributed by atoms with E-state index >= 15 is 0 Å². The van der Waals surface area contributed by atoms with Crippen LogP contribution in [-0.2, 0) is 13.3 Å². The molecule has 0 saturated heterocycles. The molecule has 1 radical (unpaired) electrons. The Hall–Kier alpha value is -0.233. The van der Waals surface area contributed by atoms with Gasteiger partial charge in [0.1, 0.15) is 0 Å². The van der Waals surface area contributed by atoms with Crippen LogP contribution in [-0.4, -0.2) is 35.6 Å². The molecule has 0 aliphatic carbocycles. The lowest BCUT2D eigenvalue weighted by Gasteiger charge is -2.10. The van der Waals surface area contributed by atoms with Crippen molar-refractivity contribution in [2.45, 2.75) is 13.8 Å². The smallest absolute Gasteiger partial charge is 0.371 e. The molecular weight excluding hydrogens is 162 g/mol. The van der Waals surface area contributed by atoms with Crippen molar-refractivity contribution < 1.29 is 13.3 Å². The van der Waals surface area contributed by atoms with Gasteiger partial charge in [-0.2, -0.15) is 0 Å². The summed E-state index contributed by atoms with van der Waals surface area (Å²) >= 11 is 0. The van der Waals surface area contributed by atoms with Gasteiger partial charge in [0.15, 0.2) is 0 Å². The van der Waals surface area contributed by atoms with Gasteiger partial charge in [-0.05, 0) is 13.8 Å². The second-order valence-electron chi connectivity index (χ2n) is 1.63. The fourth-order valence-electron chi connectivity index (χ4n) is 0.470. The first-order chi connectivity index (χ1) is 5.35. The zero-order valence-electron chi connectivity index (χ0n) is 6.92. The van der Waals surface area contributed by atoms with E-state index in [2.05, 4.69) is 0 Å². The first kappa shape index (κ1) is 10.8. The maximum absolute atomic E-state index is 6.72. The van der Waals surface area contributed by atoms with E-state index in [0.717, 1.165) is 0 Å². The lowest BCUT2D eigenvalue weighted by Crippen LogP contribution is -2.27. The van der Waals surface area contributed by atoms with Gasteiger partial charge < -0.3 is 18.7 Å². The van der Waals surface area contributed by atoms with Crippen molar-refractivity contribution in [1.82, 2.24) is 0 Å². The number of hydrogen-bond donors (Lipinski definition) is 1. The molecule has 0 atom stereocenters. The van der Waals surface area contributed by atoms with E-state index in [9.17, 15) is 0 Å². The highest BCUT2D eigenvalue weighted by molar-refractivity contribution is 6.36. The molecular formula is C6H14NO3Si. The maximum Gasteiger partial charge on any atom is 0.578 e. The second-order valence-corrected chi connectivity index (χ2v) is 3.00. The average molecular weight is 176 g/mol. The summed E-state index contributed by atoms with van der Waals surface area (Å²) in [5, 5.41) is 6.72. The molecule has 0 unspecified atom stereocenters. The summed E-state index contributed by atoms with van der Waals surface area (Å²) in [5.74, 6) is 0. The zero-order valence-corrected chi connectivity index (χ0v) is 7.92. The minimum Gasteiger partial charge on any atom is -0.371 e. The van der Waals surface area contributed by atoms with E-state index < -0.39 is 9.53 Å². The first-order valence-corrected chi connectivity index (χ1v) is 4.81. The van der Waals surface area contributed by atoms with Gasteiger partial charge in [-0.3, -0.25) is 0 Å². The second kappa shape index (κ2) is 7.87. The van der Waals surface area contributed by atoms with Crippen LogP contribution >= 0.6 is 0 Å². The van der Waals surface area contributed by atoms with Crippen LogP contribution in [0.25, 0.3) is 0 Å². The molecule has 0 rings (SSSR count). The largest absolute Gasteiger partial charge is 0.578 e. The molecule has 0 aliphatic rings. The molecule has 4 nitrogen and oxygen atoms in total. The van der Waals surface area contributed by atoms with Crippen LogP contribution in [0.15, 0.2) is 0 Å². The van der Waals surface area contributed by atoms with E-state index in [1.54, 1.807) is 0 Å². The van der Waals surface area contributed by atoms with Crippen molar-refractivity contribution in [3.05, 3.63) is 0 Å². The predicted octanol–water partition coefficient (Wildman–Crippen LogP) is 0.710. The monoisotopic (exact) mass is 176 g/mol. The predicted molar refractivity (Wildman–Crippen MR) is 43.7 cm³/mol. The lowest BCUT2D eigenvalue weighted by molar-refractivity contribution is 0.116. The van der Waals surface area contributed by atoms with Gasteiger partial charge in [0.05, 0.1) is 6.61 Å². The normalized spacial score (nSPS) is 10.5. The molecule has 65 valence electrons. The van der Waals surface area contributed by atoms with Crippen molar-refractivity contribution in [3.8, 4) is 0 Å². The fraction of sp³-hybridized carbons (Fsp3) is 0.833. The van der Waals surface area contributed by atoms with Crippen molar-refractivity contribution in [2.24, 2.45) is 0 Å². The molecule has 5 heteroatoms. The zero-order chi connectivity index (χ0) is 8.53. The van der Waals surface area contributed by atoms with Crippen LogP contribution in [0.2, 0.25) is 0 Å². The Bertz CT molecular complexity index is 95.8. The Balaban J connectivity index is 3.41. The third-order valence-electron chi connectivity index (χ3n) is 0.809. The summed E-state index contributed by atoms with van der Waals surface area (Å²) in [7, 11) is -1.56. The molecule has 0 spiro atoms. The summed E-state index contributed by atoms with van der Waals surface area (Å²) < 4.78 is 15.4. The molecule has 0 aromatic carbocycles. The molecule has 1 N–H and O–H groups in total. The van der Waals surface area contributed by atoms with E-state index in [4.69, 9.17) is 18.7 Å². The fourth-order valence-corrected chi connectivity index (χ4v) is 1.41. The topological polar surface area (TPSA) is 51.5 Å². The van der Waals surface area contributed by atoms with Gasteiger partial charge >= 0.3 is 9.53 Å². The van der Waals surface area contributed by atoms with E-state index in [1.807, 2.05) is 13.8 Å². The van der Waals surface area contributed by atoms with Gasteiger partial charge in [-0.1, -0.05) is 0 Å². The highest BCUT2D eigenvalue weighted by Gasteiger charge is 2.16. The Morgan fingerprint density at radius 2 is 1.73 bits per heavy atom. The lowest BCUT2D eigenvalue weighted by atomic mass is 10.8. The Morgan fingerprint density at radius 1 is 1.18 bits per heavy atom. The SMILES string of the molecule is CCO[Si](OCC)OCC=N. The van der Waals surface area contributed by atoms with Crippen LogP contribution in [0.4, 0.5) is 0 Å². The minimum atomic E-state index is -1.56. The highest BCUT2D eigenvalue weighted by Crippen LogP contribution is 1.90. The molecule has 0 aliphatic heterocycles. The van der Waals surface area contributed by atoms with E-state index in [-0.39, 0.29) is 6.61 Å². The van der Waals surface area contributed by atoms with Crippen molar-refractivity contribution in [3.63, 3.8) is 0 Å². The summed E-state index contributed by atoms with van der Waals surface area (Å²) in [4.78, 5) is 0. The summed E-state index contributed by atoms with van der Waals surface area (Å²) in [6, 6.07) is 0. The van der Waals surface area contributed by atoms with Crippen molar-refractivity contribution >= 4 is 15.7 Å². The van der Waals surface area contributed by atoms with Crippen LogP contribution in [0.3, 0.4) is 0 Å². The van der Waals surface area contributed by atoms with Gasteiger partial charge in [0.25, 0.3) is 0 Å². The molecule has 0 bridgehead atoms. The molecule has 11 heavy (non-hydrogen) atoms. The molecule has 0 fully saturated rings. The average Bonchev–Trinajstić information content (AvgIpc) is 2.01. The summed E-state index contributed by atoms with van der Waals surface area (Å²) in [6.07, 6.45) is 1.18. The Labute approximate surface area is 68.9 Å². The van der Waals surface area contributed by atoms with Crippen LogP contribution in [0, 0.1) is 5.41 Å². The van der Waals surface area contributed by atoms with Crippen molar-refractivity contribution in [2.75, 3.05) is 19.8 Å². The summed E-state index contributed by atoms with van der Waals surface area (Å²) in [5.41, 5.74) is 0. The first-order valence-electron chi connectivity index (χ1n) is 3.59. The molecule has 0 aromatic heterocycles. The van der Waals surface area contributed by atoms with Gasteiger partial charge in [0, 0.05) is 19.4 Å². The maximum atomic E-state index is 6.72. The molecule has 0 heterocycles. The van der Waals surface area contributed by atoms with Crippen molar-refractivity contribution in [1.29, 1.82) is 5.41 Å². The van der Waals surface area contributed by atoms with Crippen LogP contribution in [0.5, 0.6) is 0 Å². The number of hydrogen-bond acceptors (Lipinski definition) is 4. The molecule has 0 amide bonds. The third-order valence-corrected chi connectivity index (χ3v) is 2.26. The number of rotatable bonds is 7. The van der Waals surface area contributed by atoms with Crippen LogP contribution in [0.1, 0.15) is 13.8 Å². The summed E-state index contributed by atoms with van der Waals surface area (Å²) in [6.45, 7) is 5.22. The Kier molecular flexibility index (Phi) is 7.70. The Morgan fingerprint density at radius 3 is 2.09 bits per heavy atom. The van der Waals surface area contributed by atoms with E-state index in [0.29, 0.717) is 13.2 Å². The molecule has 0 aromatic rings. The van der Waals surface area contributed by atoms with Gasteiger partial charge in [0.2, 0.25) is 0 Å². The standard InChI is InChI=1S/C6H14NO3Si/c1-3-8-11(9-4-2)10-6-5-7/h5,7H,3-4,6H2,1-2H3. The highest BCUT2D eigenvalue weighted by atomic mass is 28.3. The van der Waals surface area contributed by atoms with Crippen LogP contribution < -0.4 is 0 Å². The van der Waals surface area contributed by atoms with E-state index in [1.165, 1.54) is 6.21 Å². The number of nitrogens with one attached hydrogen (secondary N) is 1.